The minimum Gasteiger partial charge on any atom is -0.337 e. The number of aryl methyl sites for hydroxylation is 1. The SMILES string of the molecule is Cc1cc(-c2n[nH]c3cc(NC(=O)NCCC(=O)Nc4ccccc4Br)ncc23)ccn1. The van der Waals surface area contributed by atoms with Crippen molar-refractivity contribution >= 4 is 50.3 Å². The quantitative estimate of drug-likeness (QED) is 0.319. The Morgan fingerprint density at radius 2 is 1.94 bits per heavy atom. The largest absolute Gasteiger partial charge is 0.337 e. The number of urea groups is 1. The summed E-state index contributed by atoms with van der Waals surface area (Å²) in [5, 5.41) is 16.3. The van der Waals surface area contributed by atoms with E-state index in [1.807, 2.05) is 37.3 Å². The van der Waals surface area contributed by atoms with Gasteiger partial charge in [-0.3, -0.25) is 20.2 Å². The van der Waals surface area contributed by atoms with E-state index >= 15 is 0 Å². The topological polar surface area (TPSA) is 125 Å². The summed E-state index contributed by atoms with van der Waals surface area (Å²) in [6.07, 6.45) is 3.53. The number of benzene rings is 1. The summed E-state index contributed by atoms with van der Waals surface area (Å²) in [4.78, 5) is 32.7. The van der Waals surface area contributed by atoms with Gasteiger partial charge in [0.2, 0.25) is 5.91 Å². The number of hydrogen-bond donors (Lipinski definition) is 4. The third-order valence-corrected chi connectivity index (χ3v) is 5.34. The molecule has 10 heteroatoms. The fourth-order valence-corrected chi connectivity index (χ4v) is 3.50. The number of aromatic amines is 1. The molecule has 0 fully saturated rings. The molecule has 0 saturated heterocycles. The van der Waals surface area contributed by atoms with Crippen molar-refractivity contribution in [2.24, 2.45) is 0 Å². The Kier molecular flexibility index (Phi) is 6.41. The van der Waals surface area contributed by atoms with Crippen molar-refractivity contribution in [1.82, 2.24) is 25.5 Å². The van der Waals surface area contributed by atoms with Crippen molar-refractivity contribution in [3.05, 3.63) is 65.0 Å². The third-order valence-electron chi connectivity index (χ3n) is 4.64. The number of aromatic nitrogens is 4. The number of halogens is 1. The van der Waals surface area contributed by atoms with Crippen LogP contribution in [0.2, 0.25) is 0 Å². The van der Waals surface area contributed by atoms with E-state index in [2.05, 4.69) is 52.0 Å². The normalized spacial score (nSPS) is 10.7. The predicted octanol–water partition coefficient (Wildman–Crippen LogP) is 4.24. The molecule has 0 saturated carbocycles. The van der Waals surface area contributed by atoms with Crippen molar-refractivity contribution < 1.29 is 9.59 Å². The molecule has 4 rings (SSSR count). The van der Waals surface area contributed by atoms with Gasteiger partial charge < -0.3 is 10.6 Å². The van der Waals surface area contributed by atoms with Crippen molar-refractivity contribution in [3.63, 3.8) is 0 Å². The Morgan fingerprint density at radius 3 is 2.75 bits per heavy atom. The molecular weight excluding hydrogens is 474 g/mol. The fourth-order valence-electron chi connectivity index (χ4n) is 3.12. The number of carbonyl (C=O) groups is 2. The van der Waals surface area contributed by atoms with E-state index in [1.165, 1.54) is 0 Å². The average Bonchev–Trinajstić information content (AvgIpc) is 3.18. The summed E-state index contributed by atoms with van der Waals surface area (Å²) < 4.78 is 0.793. The van der Waals surface area contributed by atoms with E-state index in [0.29, 0.717) is 11.5 Å². The Hall–Kier alpha value is -3.79. The molecule has 0 unspecified atom stereocenters. The van der Waals surface area contributed by atoms with Gasteiger partial charge in [0.15, 0.2) is 0 Å². The molecule has 162 valence electrons. The van der Waals surface area contributed by atoms with Gasteiger partial charge in [-0.05, 0) is 47.1 Å². The molecule has 3 aromatic heterocycles. The second-order valence-corrected chi connectivity index (χ2v) is 7.89. The Bertz CT molecular complexity index is 1290. The summed E-state index contributed by atoms with van der Waals surface area (Å²) in [6.45, 7) is 2.10. The fraction of sp³-hybridized carbons (Fsp3) is 0.136. The van der Waals surface area contributed by atoms with Gasteiger partial charge in [-0.1, -0.05) is 12.1 Å². The Labute approximate surface area is 192 Å². The van der Waals surface area contributed by atoms with E-state index < -0.39 is 6.03 Å². The van der Waals surface area contributed by atoms with E-state index in [1.54, 1.807) is 24.5 Å². The lowest BCUT2D eigenvalue weighted by atomic mass is 10.1. The van der Waals surface area contributed by atoms with Crippen molar-refractivity contribution in [2.75, 3.05) is 17.2 Å². The van der Waals surface area contributed by atoms with Gasteiger partial charge in [0.25, 0.3) is 0 Å². The van der Waals surface area contributed by atoms with E-state index in [4.69, 9.17) is 0 Å². The van der Waals surface area contributed by atoms with Gasteiger partial charge in [-0.2, -0.15) is 5.10 Å². The van der Waals surface area contributed by atoms with Crippen LogP contribution in [0.5, 0.6) is 0 Å². The first kappa shape index (κ1) is 21.4. The summed E-state index contributed by atoms with van der Waals surface area (Å²) in [6, 6.07) is 12.4. The third kappa shape index (κ3) is 5.09. The number of rotatable bonds is 6. The number of amides is 3. The van der Waals surface area contributed by atoms with Crippen molar-refractivity contribution in [1.29, 1.82) is 0 Å². The minimum absolute atomic E-state index is 0.135. The molecule has 1 aromatic carbocycles. The molecule has 3 amide bonds. The number of fused-ring (bicyclic) bond motifs is 1. The lowest BCUT2D eigenvalue weighted by molar-refractivity contribution is -0.116. The number of nitrogens with zero attached hydrogens (tertiary/aromatic N) is 3. The molecule has 4 aromatic rings. The molecule has 0 aliphatic heterocycles. The number of para-hydroxylation sites is 1. The maximum Gasteiger partial charge on any atom is 0.320 e. The monoisotopic (exact) mass is 493 g/mol. The van der Waals surface area contributed by atoms with Crippen LogP contribution < -0.4 is 16.0 Å². The number of H-pyrrole nitrogens is 1. The molecule has 9 nitrogen and oxygen atoms in total. The summed E-state index contributed by atoms with van der Waals surface area (Å²) >= 11 is 3.38. The Balaban J connectivity index is 1.32. The van der Waals surface area contributed by atoms with Crippen molar-refractivity contribution in [2.45, 2.75) is 13.3 Å². The molecule has 32 heavy (non-hydrogen) atoms. The number of nitrogens with one attached hydrogen (secondary N) is 4. The Morgan fingerprint density at radius 1 is 1.09 bits per heavy atom. The highest BCUT2D eigenvalue weighted by atomic mass is 79.9. The molecule has 3 heterocycles. The average molecular weight is 494 g/mol. The highest BCUT2D eigenvalue weighted by molar-refractivity contribution is 9.10. The molecular formula is C22H20BrN7O2. The van der Waals surface area contributed by atoms with Crippen LogP contribution >= 0.6 is 15.9 Å². The van der Waals surface area contributed by atoms with Crippen LogP contribution in [-0.2, 0) is 4.79 Å². The lowest BCUT2D eigenvalue weighted by Crippen LogP contribution is -2.31. The summed E-state index contributed by atoms with van der Waals surface area (Å²) in [5.41, 5.74) is 4.02. The predicted molar refractivity (Wildman–Crippen MR) is 126 cm³/mol. The van der Waals surface area contributed by atoms with Gasteiger partial charge in [0.05, 0.1) is 11.2 Å². The second-order valence-electron chi connectivity index (χ2n) is 7.03. The zero-order valence-electron chi connectivity index (χ0n) is 17.1. The minimum atomic E-state index is -0.449. The van der Waals surface area contributed by atoms with Crippen LogP contribution in [0.1, 0.15) is 12.1 Å². The van der Waals surface area contributed by atoms with Gasteiger partial charge in [0.1, 0.15) is 11.5 Å². The van der Waals surface area contributed by atoms with Crippen LogP contribution in [0.25, 0.3) is 22.2 Å². The second kappa shape index (κ2) is 9.56. The summed E-state index contributed by atoms with van der Waals surface area (Å²) in [7, 11) is 0. The number of hydrogen-bond acceptors (Lipinski definition) is 5. The van der Waals surface area contributed by atoms with E-state index in [-0.39, 0.29) is 18.9 Å². The molecule has 0 atom stereocenters. The smallest absolute Gasteiger partial charge is 0.320 e. The number of anilines is 2. The lowest BCUT2D eigenvalue weighted by Gasteiger charge is -2.09. The van der Waals surface area contributed by atoms with Gasteiger partial charge in [-0.25, -0.2) is 9.78 Å². The highest BCUT2D eigenvalue weighted by Crippen LogP contribution is 2.27. The van der Waals surface area contributed by atoms with Crippen LogP contribution in [0, 0.1) is 6.92 Å². The molecule has 0 aliphatic carbocycles. The van der Waals surface area contributed by atoms with Gasteiger partial charge in [0, 0.05) is 52.5 Å². The highest BCUT2D eigenvalue weighted by Gasteiger charge is 2.12. The van der Waals surface area contributed by atoms with Crippen LogP contribution in [0.3, 0.4) is 0 Å². The van der Waals surface area contributed by atoms with Crippen LogP contribution in [0.4, 0.5) is 16.3 Å². The molecule has 0 aliphatic rings. The van der Waals surface area contributed by atoms with Crippen LogP contribution in [-0.4, -0.2) is 38.6 Å². The van der Waals surface area contributed by atoms with E-state index in [0.717, 1.165) is 32.3 Å². The summed E-state index contributed by atoms with van der Waals surface area (Å²) in [5.74, 6) is 0.168. The van der Waals surface area contributed by atoms with Gasteiger partial charge >= 0.3 is 6.03 Å². The molecule has 0 radical (unpaired) electrons. The van der Waals surface area contributed by atoms with E-state index in [9.17, 15) is 9.59 Å². The molecule has 4 N–H and O–H groups in total. The standard InChI is InChI=1S/C22H20BrN7O2/c1-13-10-14(6-8-24-13)21-15-12-26-19(11-18(15)29-30-21)28-22(32)25-9-7-20(31)27-17-5-3-2-4-16(17)23/h2-6,8,10-12H,7,9H2,1H3,(H,27,31)(H,29,30)(H2,25,26,28,32). The first-order chi connectivity index (χ1) is 15.5. The maximum absolute atomic E-state index is 12.2. The first-order valence-electron chi connectivity index (χ1n) is 9.86. The van der Waals surface area contributed by atoms with Crippen molar-refractivity contribution in [3.8, 4) is 11.3 Å². The number of carbonyl (C=O) groups excluding carboxylic acids is 2. The van der Waals surface area contributed by atoms with Gasteiger partial charge in [-0.15, -0.1) is 0 Å². The number of pyridine rings is 2. The maximum atomic E-state index is 12.2. The zero-order chi connectivity index (χ0) is 22.5. The zero-order valence-corrected chi connectivity index (χ0v) is 18.7. The van der Waals surface area contributed by atoms with Crippen LogP contribution in [0.15, 0.2) is 59.3 Å². The first-order valence-corrected chi connectivity index (χ1v) is 10.7. The molecule has 0 spiro atoms. The molecule has 0 bridgehead atoms.